The van der Waals surface area contributed by atoms with E-state index in [-0.39, 0.29) is 0 Å². The third kappa shape index (κ3) is 2.47. The highest BCUT2D eigenvalue weighted by Crippen LogP contribution is 2.40. The first kappa shape index (κ1) is 13.9. The number of fused-ring (bicyclic) bond motifs is 1. The van der Waals surface area contributed by atoms with Crippen LogP contribution in [0.25, 0.3) is 11.3 Å². The Morgan fingerprint density at radius 1 is 1.26 bits per heavy atom. The first-order chi connectivity index (χ1) is 11.4. The molecule has 2 heterocycles. The summed E-state index contributed by atoms with van der Waals surface area (Å²) in [7, 11) is 0. The number of aromatic nitrogens is 2. The Bertz CT molecular complexity index is 912. The predicted molar refractivity (Wildman–Crippen MR) is 92.3 cm³/mol. The molecule has 4 rings (SSSR count). The van der Waals surface area contributed by atoms with Gasteiger partial charge in [0.2, 0.25) is 0 Å². The van der Waals surface area contributed by atoms with Crippen molar-refractivity contribution in [2.75, 3.05) is 0 Å². The van der Waals surface area contributed by atoms with Gasteiger partial charge in [-0.1, -0.05) is 30.3 Å². The number of aliphatic imine (C=N–C) groups is 1. The van der Waals surface area contributed by atoms with E-state index in [9.17, 15) is 5.26 Å². The minimum absolute atomic E-state index is 0.753. The number of H-pyrrole nitrogens is 1. The van der Waals surface area contributed by atoms with E-state index in [1.54, 1.807) is 23.7 Å². The number of nitriles is 1. The minimum atomic E-state index is 0.753. The summed E-state index contributed by atoms with van der Waals surface area (Å²) >= 11 is 1.65. The molecule has 2 aromatic heterocycles. The summed E-state index contributed by atoms with van der Waals surface area (Å²) in [6.45, 7) is 0. The standard InChI is InChI=1S/C18H14N4S/c19-9-15-14-7-4-8-16(14)23-18(15)20-10-13-11-21-22-17(13)12-5-2-1-3-6-12/h1-3,5-6,10-11H,4,7-8H2,(H,21,22)/b20-10+. The number of aromatic amines is 1. The van der Waals surface area contributed by atoms with Crippen molar-refractivity contribution in [1.29, 1.82) is 5.26 Å². The number of nitrogens with one attached hydrogen (secondary N) is 1. The quantitative estimate of drug-likeness (QED) is 0.734. The molecular weight excluding hydrogens is 304 g/mol. The third-order valence-electron chi connectivity index (χ3n) is 4.07. The zero-order valence-corrected chi connectivity index (χ0v) is 13.2. The zero-order valence-electron chi connectivity index (χ0n) is 12.4. The molecule has 0 fully saturated rings. The van der Waals surface area contributed by atoms with E-state index in [1.807, 2.05) is 30.3 Å². The van der Waals surface area contributed by atoms with Crippen LogP contribution in [0.5, 0.6) is 0 Å². The fourth-order valence-electron chi connectivity index (χ4n) is 2.95. The van der Waals surface area contributed by atoms with E-state index < -0.39 is 0 Å². The van der Waals surface area contributed by atoms with Gasteiger partial charge in [-0.25, -0.2) is 4.99 Å². The van der Waals surface area contributed by atoms with E-state index in [4.69, 9.17) is 0 Å². The number of thiophene rings is 1. The molecule has 3 aromatic rings. The molecule has 0 amide bonds. The Labute approximate surface area is 138 Å². The largest absolute Gasteiger partial charge is 0.277 e. The summed E-state index contributed by atoms with van der Waals surface area (Å²) in [6.07, 6.45) is 6.79. The average molecular weight is 318 g/mol. The molecule has 112 valence electrons. The first-order valence-corrected chi connectivity index (χ1v) is 8.36. The van der Waals surface area contributed by atoms with Crippen LogP contribution in [0.2, 0.25) is 0 Å². The molecule has 5 heteroatoms. The normalized spacial score (nSPS) is 13.3. The molecule has 0 atom stereocenters. The lowest BCUT2D eigenvalue weighted by atomic mass is 10.1. The summed E-state index contributed by atoms with van der Waals surface area (Å²) in [6, 6.07) is 12.4. The number of aryl methyl sites for hydroxylation is 1. The molecule has 0 bridgehead atoms. The maximum atomic E-state index is 9.43. The van der Waals surface area contributed by atoms with E-state index in [1.165, 1.54) is 10.4 Å². The van der Waals surface area contributed by atoms with Crippen molar-refractivity contribution in [3.63, 3.8) is 0 Å². The monoisotopic (exact) mass is 318 g/mol. The first-order valence-electron chi connectivity index (χ1n) is 7.54. The van der Waals surface area contributed by atoms with Gasteiger partial charge in [-0.2, -0.15) is 10.4 Å². The summed E-state index contributed by atoms with van der Waals surface area (Å²) in [5.74, 6) is 0. The highest BCUT2D eigenvalue weighted by molar-refractivity contribution is 7.16. The summed E-state index contributed by atoms with van der Waals surface area (Å²) in [5, 5.41) is 17.4. The number of hydrogen-bond acceptors (Lipinski definition) is 4. The highest BCUT2D eigenvalue weighted by Gasteiger charge is 2.21. The van der Waals surface area contributed by atoms with E-state index >= 15 is 0 Å². The van der Waals surface area contributed by atoms with E-state index in [0.29, 0.717) is 0 Å². The third-order valence-corrected chi connectivity index (χ3v) is 5.27. The lowest BCUT2D eigenvalue weighted by molar-refractivity contribution is 0.913. The van der Waals surface area contributed by atoms with Gasteiger partial charge < -0.3 is 0 Å². The fourth-order valence-corrected chi connectivity index (χ4v) is 4.14. The maximum absolute atomic E-state index is 9.43. The van der Waals surface area contributed by atoms with Crippen molar-refractivity contribution in [1.82, 2.24) is 10.2 Å². The second-order valence-corrected chi connectivity index (χ2v) is 6.56. The minimum Gasteiger partial charge on any atom is -0.277 e. The van der Waals surface area contributed by atoms with Crippen LogP contribution in [0.4, 0.5) is 5.00 Å². The maximum Gasteiger partial charge on any atom is 0.134 e. The lowest BCUT2D eigenvalue weighted by Crippen LogP contribution is -1.85. The number of nitrogens with zero attached hydrogens (tertiary/aromatic N) is 3. The summed E-state index contributed by atoms with van der Waals surface area (Å²) < 4.78 is 0. The Morgan fingerprint density at radius 3 is 2.96 bits per heavy atom. The van der Waals surface area contributed by atoms with Crippen LogP contribution in [-0.2, 0) is 12.8 Å². The molecule has 0 unspecified atom stereocenters. The van der Waals surface area contributed by atoms with Gasteiger partial charge >= 0.3 is 0 Å². The van der Waals surface area contributed by atoms with Gasteiger partial charge in [0, 0.05) is 22.2 Å². The van der Waals surface area contributed by atoms with Crippen molar-refractivity contribution in [3.05, 3.63) is 58.1 Å². The molecule has 4 nitrogen and oxygen atoms in total. The number of hydrogen-bond donors (Lipinski definition) is 1. The van der Waals surface area contributed by atoms with Crippen LogP contribution in [0.15, 0.2) is 41.5 Å². The van der Waals surface area contributed by atoms with Crippen LogP contribution >= 0.6 is 11.3 Å². The molecule has 1 aliphatic rings. The van der Waals surface area contributed by atoms with Crippen molar-refractivity contribution < 1.29 is 0 Å². The zero-order chi connectivity index (χ0) is 15.6. The molecule has 0 aliphatic heterocycles. The molecule has 1 aromatic carbocycles. The second kappa shape index (κ2) is 5.82. The van der Waals surface area contributed by atoms with Gasteiger partial charge in [0.25, 0.3) is 0 Å². The molecule has 23 heavy (non-hydrogen) atoms. The van der Waals surface area contributed by atoms with Crippen molar-refractivity contribution in [2.45, 2.75) is 19.3 Å². The Hall–Kier alpha value is -2.71. The molecule has 0 radical (unpaired) electrons. The van der Waals surface area contributed by atoms with Crippen molar-refractivity contribution >= 4 is 22.6 Å². The van der Waals surface area contributed by atoms with Crippen LogP contribution in [0.3, 0.4) is 0 Å². The SMILES string of the molecule is N#Cc1c(/N=C/c2cn[nH]c2-c2ccccc2)sc2c1CCC2. The van der Waals surface area contributed by atoms with Gasteiger partial charge in [0.15, 0.2) is 0 Å². The van der Waals surface area contributed by atoms with Gasteiger partial charge in [-0.05, 0) is 24.8 Å². The topological polar surface area (TPSA) is 64.8 Å². The van der Waals surface area contributed by atoms with Crippen molar-refractivity contribution in [3.8, 4) is 17.3 Å². The molecule has 0 saturated carbocycles. The van der Waals surface area contributed by atoms with Gasteiger partial charge in [-0.15, -0.1) is 11.3 Å². The fraction of sp³-hybridized carbons (Fsp3) is 0.167. The molecule has 1 aliphatic carbocycles. The van der Waals surface area contributed by atoms with Gasteiger partial charge in [0.05, 0.1) is 17.5 Å². The number of benzene rings is 1. The molecule has 0 saturated heterocycles. The van der Waals surface area contributed by atoms with Crippen LogP contribution < -0.4 is 0 Å². The average Bonchev–Trinajstić information content (AvgIpc) is 3.29. The highest BCUT2D eigenvalue weighted by atomic mass is 32.1. The van der Waals surface area contributed by atoms with Gasteiger partial charge in [-0.3, -0.25) is 5.10 Å². The summed E-state index contributed by atoms with van der Waals surface area (Å²) in [4.78, 5) is 5.90. The Morgan fingerprint density at radius 2 is 2.13 bits per heavy atom. The van der Waals surface area contributed by atoms with E-state index in [0.717, 1.165) is 46.6 Å². The second-order valence-electron chi connectivity index (χ2n) is 5.47. The smallest absolute Gasteiger partial charge is 0.134 e. The van der Waals surface area contributed by atoms with Crippen LogP contribution in [0.1, 0.15) is 28.0 Å². The van der Waals surface area contributed by atoms with Crippen LogP contribution in [-0.4, -0.2) is 16.4 Å². The Balaban J connectivity index is 1.69. The van der Waals surface area contributed by atoms with E-state index in [2.05, 4.69) is 21.3 Å². The van der Waals surface area contributed by atoms with Crippen molar-refractivity contribution in [2.24, 2.45) is 4.99 Å². The lowest BCUT2D eigenvalue weighted by Gasteiger charge is -1.98. The number of rotatable bonds is 3. The summed E-state index contributed by atoms with van der Waals surface area (Å²) in [5.41, 5.74) is 4.90. The molecule has 1 N–H and O–H groups in total. The molecular formula is C18H14N4S. The Kier molecular flexibility index (Phi) is 3.52. The van der Waals surface area contributed by atoms with Crippen LogP contribution in [0, 0.1) is 11.3 Å². The predicted octanol–water partition coefficient (Wildman–Crippen LogP) is 4.25. The van der Waals surface area contributed by atoms with Gasteiger partial charge in [0.1, 0.15) is 11.1 Å². The molecule has 0 spiro atoms.